The first-order valence-corrected chi connectivity index (χ1v) is 5.47. The molecule has 0 amide bonds. The van der Waals surface area contributed by atoms with E-state index in [1.807, 2.05) is 0 Å². The third kappa shape index (κ3) is 2.11. The summed E-state index contributed by atoms with van der Waals surface area (Å²) in [7, 11) is 0. The quantitative estimate of drug-likeness (QED) is 0.720. The van der Waals surface area contributed by atoms with Gasteiger partial charge in [-0.3, -0.25) is 4.79 Å². The molecule has 2 nitrogen and oxygen atoms in total. The van der Waals surface area contributed by atoms with E-state index < -0.39 is 0 Å². The maximum Gasteiger partial charge on any atom is 0.140 e. The number of nitrogens with one attached hydrogen (secondary N) is 1. The molecule has 1 aliphatic carbocycles. The van der Waals surface area contributed by atoms with Crippen molar-refractivity contribution in [3.8, 4) is 0 Å². The Hall–Kier alpha value is -0.370. The van der Waals surface area contributed by atoms with Crippen molar-refractivity contribution in [2.24, 2.45) is 5.41 Å². The largest absolute Gasteiger partial charge is 0.314 e. The highest BCUT2D eigenvalue weighted by Crippen LogP contribution is 2.46. The van der Waals surface area contributed by atoms with Gasteiger partial charge in [0.05, 0.1) is 0 Å². The van der Waals surface area contributed by atoms with Gasteiger partial charge in [0.2, 0.25) is 0 Å². The van der Waals surface area contributed by atoms with Crippen LogP contribution >= 0.6 is 0 Å². The Morgan fingerprint density at radius 3 is 2.77 bits per heavy atom. The topological polar surface area (TPSA) is 29.1 Å². The molecule has 2 heteroatoms. The molecule has 1 N–H and O–H groups in total. The van der Waals surface area contributed by atoms with E-state index in [2.05, 4.69) is 12.2 Å². The summed E-state index contributed by atoms with van der Waals surface area (Å²) >= 11 is 0. The molecule has 13 heavy (non-hydrogen) atoms. The molecule has 1 unspecified atom stereocenters. The van der Waals surface area contributed by atoms with Crippen molar-refractivity contribution in [2.45, 2.75) is 51.5 Å². The van der Waals surface area contributed by atoms with Gasteiger partial charge in [0.1, 0.15) is 5.78 Å². The number of Topliss-reactive ketones (excluding diaryl/α,β-unsaturated/α-hetero) is 1. The van der Waals surface area contributed by atoms with Gasteiger partial charge in [0, 0.05) is 17.9 Å². The van der Waals surface area contributed by atoms with E-state index in [0.29, 0.717) is 11.8 Å². The third-order valence-electron chi connectivity index (χ3n) is 3.52. The first-order valence-electron chi connectivity index (χ1n) is 5.47. The van der Waals surface area contributed by atoms with Gasteiger partial charge in [0.15, 0.2) is 0 Å². The van der Waals surface area contributed by atoms with Crippen LogP contribution in [0.4, 0.5) is 0 Å². The number of carbonyl (C=O) groups excluding carboxylic acids is 1. The summed E-state index contributed by atoms with van der Waals surface area (Å²) in [5.41, 5.74) is 0.0825. The maximum atomic E-state index is 11.8. The summed E-state index contributed by atoms with van der Waals surface area (Å²) in [5.74, 6) is 0.493. The van der Waals surface area contributed by atoms with Crippen LogP contribution in [0.3, 0.4) is 0 Å². The van der Waals surface area contributed by atoms with Crippen molar-refractivity contribution in [3.63, 3.8) is 0 Å². The third-order valence-corrected chi connectivity index (χ3v) is 3.52. The van der Waals surface area contributed by atoms with Gasteiger partial charge >= 0.3 is 0 Å². The molecule has 0 spiro atoms. The molecule has 0 bridgehead atoms. The summed E-state index contributed by atoms with van der Waals surface area (Å²) < 4.78 is 0. The van der Waals surface area contributed by atoms with Crippen molar-refractivity contribution in [1.82, 2.24) is 5.32 Å². The molecule has 2 fully saturated rings. The molecule has 2 aliphatic rings. The van der Waals surface area contributed by atoms with Gasteiger partial charge in [-0.1, -0.05) is 13.3 Å². The van der Waals surface area contributed by atoms with Gasteiger partial charge in [0.25, 0.3) is 0 Å². The minimum Gasteiger partial charge on any atom is -0.314 e. The Labute approximate surface area is 80.1 Å². The first kappa shape index (κ1) is 9.20. The summed E-state index contributed by atoms with van der Waals surface area (Å²) in [6.45, 7) is 3.22. The number of piperidine rings is 1. The van der Waals surface area contributed by atoms with E-state index in [-0.39, 0.29) is 5.41 Å². The molecule has 0 radical (unpaired) electrons. The monoisotopic (exact) mass is 181 g/mol. The molecule has 2 rings (SSSR count). The zero-order valence-electron chi connectivity index (χ0n) is 8.44. The minimum absolute atomic E-state index is 0.0825. The number of carbonyl (C=O) groups is 1. The standard InChI is InChI=1S/C11H19NO/c1-11(5-6-11)10(13)8-9-4-2-3-7-12-9/h9,12H,2-8H2,1H3. The highest BCUT2D eigenvalue weighted by atomic mass is 16.1. The van der Waals surface area contributed by atoms with E-state index in [9.17, 15) is 4.79 Å². The van der Waals surface area contributed by atoms with Gasteiger partial charge in [-0.25, -0.2) is 0 Å². The molecule has 1 heterocycles. The Morgan fingerprint density at radius 1 is 1.46 bits per heavy atom. The van der Waals surface area contributed by atoms with E-state index in [1.165, 1.54) is 19.3 Å². The van der Waals surface area contributed by atoms with Gasteiger partial charge < -0.3 is 5.32 Å². The lowest BCUT2D eigenvalue weighted by atomic mass is 9.93. The molecular weight excluding hydrogens is 162 g/mol. The Balaban J connectivity index is 1.79. The molecule has 1 atom stereocenters. The molecule has 1 saturated heterocycles. The molecule has 74 valence electrons. The Morgan fingerprint density at radius 2 is 2.23 bits per heavy atom. The summed E-state index contributed by atoms with van der Waals surface area (Å²) in [5, 5.41) is 3.43. The summed E-state index contributed by atoms with van der Waals surface area (Å²) in [6, 6.07) is 0.485. The predicted octanol–water partition coefficient (Wildman–Crippen LogP) is 1.89. The van der Waals surface area contributed by atoms with Crippen molar-refractivity contribution in [1.29, 1.82) is 0 Å². The second-order valence-corrected chi connectivity index (χ2v) is 4.83. The second-order valence-electron chi connectivity index (χ2n) is 4.83. The van der Waals surface area contributed by atoms with Crippen LogP contribution < -0.4 is 5.32 Å². The van der Waals surface area contributed by atoms with Crippen LogP contribution in [-0.2, 0) is 4.79 Å². The molecule has 0 aromatic carbocycles. The molecule has 0 aromatic rings. The van der Waals surface area contributed by atoms with Crippen molar-refractivity contribution < 1.29 is 4.79 Å². The average molecular weight is 181 g/mol. The van der Waals surface area contributed by atoms with Crippen molar-refractivity contribution >= 4 is 5.78 Å². The SMILES string of the molecule is CC1(C(=O)CC2CCCCN2)CC1. The lowest BCUT2D eigenvalue weighted by Gasteiger charge is -2.23. The minimum atomic E-state index is 0.0825. The normalized spacial score (nSPS) is 31.3. The van der Waals surface area contributed by atoms with Crippen LogP contribution in [0.5, 0.6) is 0 Å². The second kappa shape index (κ2) is 3.41. The van der Waals surface area contributed by atoms with Crippen molar-refractivity contribution in [3.05, 3.63) is 0 Å². The fourth-order valence-electron chi connectivity index (χ4n) is 2.03. The lowest BCUT2D eigenvalue weighted by Crippen LogP contribution is -2.36. The molecule has 0 aromatic heterocycles. The van der Waals surface area contributed by atoms with Crippen LogP contribution in [0.25, 0.3) is 0 Å². The van der Waals surface area contributed by atoms with E-state index in [0.717, 1.165) is 25.8 Å². The smallest absolute Gasteiger partial charge is 0.140 e. The maximum absolute atomic E-state index is 11.8. The Kier molecular flexibility index (Phi) is 2.41. The van der Waals surface area contributed by atoms with Crippen LogP contribution in [0.15, 0.2) is 0 Å². The van der Waals surface area contributed by atoms with Gasteiger partial charge in [-0.05, 0) is 32.2 Å². The highest BCUT2D eigenvalue weighted by molar-refractivity contribution is 5.87. The number of rotatable bonds is 3. The van der Waals surface area contributed by atoms with E-state index in [1.54, 1.807) is 0 Å². The van der Waals surface area contributed by atoms with Crippen LogP contribution in [-0.4, -0.2) is 18.4 Å². The van der Waals surface area contributed by atoms with Gasteiger partial charge in [-0.15, -0.1) is 0 Å². The molecule has 1 aliphatic heterocycles. The predicted molar refractivity (Wildman–Crippen MR) is 52.6 cm³/mol. The van der Waals surface area contributed by atoms with E-state index in [4.69, 9.17) is 0 Å². The zero-order valence-corrected chi connectivity index (χ0v) is 8.44. The Bertz CT molecular complexity index is 202. The summed E-state index contributed by atoms with van der Waals surface area (Å²) in [6.07, 6.45) is 6.79. The molecular formula is C11H19NO. The highest BCUT2D eigenvalue weighted by Gasteiger charge is 2.44. The van der Waals surface area contributed by atoms with Crippen LogP contribution in [0.1, 0.15) is 45.4 Å². The van der Waals surface area contributed by atoms with Gasteiger partial charge in [-0.2, -0.15) is 0 Å². The lowest BCUT2D eigenvalue weighted by molar-refractivity contribution is -0.124. The zero-order chi connectivity index (χ0) is 9.31. The first-order chi connectivity index (χ1) is 6.21. The average Bonchev–Trinajstić information content (AvgIpc) is 2.87. The number of hydrogen-bond acceptors (Lipinski definition) is 2. The molecule has 1 saturated carbocycles. The fourth-order valence-corrected chi connectivity index (χ4v) is 2.03. The summed E-state index contributed by atoms with van der Waals surface area (Å²) in [4.78, 5) is 11.8. The van der Waals surface area contributed by atoms with Crippen molar-refractivity contribution in [2.75, 3.05) is 6.54 Å². The number of ketones is 1. The van der Waals surface area contributed by atoms with Crippen LogP contribution in [0.2, 0.25) is 0 Å². The fraction of sp³-hybridized carbons (Fsp3) is 0.909. The van der Waals surface area contributed by atoms with Crippen LogP contribution in [0, 0.1) is 5.41 Å². The number of hydrogen-bond donors (Lipinski definition) is 1. The van der Waals surface area contributed by atoms with E-state index >= 15 is 0 Å².